The number of carbonyl (C=O) groups is 5. The second kappa shape index (κ2) is 12.1. The van der Waals surface area contributed by atoms with Crippen molar-refractivity contribution in [3.63, 3.8) is 0 Å². The number of methoxy groups -OCH3 is 1. The number of hydrogen-bond donors (Lipinski definition) is 1. The number of carbonyl (C=O) groups excluding carboxylic acids is 5. The van der Waals surface area contributed by atoms with Crippen LogP contribution in [-0.4, -0.2) is 51.4 Å². The van der Waals surface area contributed by atoms with Crippen molar-refractivity contribution >= 4 is 64.0 Å². The average Bonchev–Trinajstić information content (AvgIpc) is 3.50. The number of alkyl halides is 2. The largest absolute Gasteiger partial charge is 0.508 e. The summed E-state index contributed by atoms with van der Waals surface area (Å²) in [7, 11) is 1.43. The quantitative estimate of drug-likeness (QED) is 0.103. The van der Waals surface area contributed by atoms with E-state index in [0.29, 0.717) is 22.4 Å². The van der Waals surface area contributed by atoms with Gasteiger partial charge >= 0.3 is 0 Å². The van der Waals surface area contributed by atoms with Gasteiger partial charge in [-0.2, -0.15) is 0 Å². The first-order valence-corrected chi connectivity index (χ1v) is 17.3. The first kappa shape index (κ1) is 33.8. The molecular weight excluding hydrogens is 710 g/mol. The Kier molecular flexibility index (Phi) is 7.89. The highest BCUT2D eigenvalue weighted by molar-refractivity contribution is 6.58. The monoisotopic (exact) mass is 738 g/mol. The number of imide groups is 2. The zero-order valence-corrected chi connectivity index (χ0v) is 29.0. The Balaban J connectivity index is 1.22. The van der Waals surface area contributed by atoms with Crippen LogP contribution < -0.4 is 14.5 Å². The summed E-state index contributed by atoms with van der Waals surface area (Å²) >= 11 is 14.8. The lowest BCUT2D eigenvalue weighted by atomic mass is 9.56. The summed E-state index contributed by atoms with van der Waals surface area (Å²) in [5, 5.41) is 11.3. The van der Waals surface area contributed by atoms with Crippen LogP contribution in [0.3, 0.4) is 0 Å². The topological polar surface area (TPSA) is 121 Å². The normalized spacial score (nSPS) is 28.0. The minimum Gasteiger partial charge on any atom is -0.508 e. The third-order valence-electron chi connectivity index (χ3n) is 10.9. The van der Waals surface area contributed by atoms with E-state index in [0.717, 1.165) is 21.9 Å². The first-order valence-electron chi connectivity index (χ1n) is 16.6. The molecule has 52 heavy (non-hydrogen) atoms. The zero-order chi connectivity index (χ0) is 36.7. The molecule has 0 aromatic heterocycles. The van der Waals surface area contributed by atoms with Gasteiger partial charge in [0.2, 0.25) is 11.8 Å². The highest BCUT2D eigenvalue weighted by atomic mass is 35.5. The second-order valence-electron chi connectivity index (χ2n) is 13.4. The number of halogens is 3. The predicted molar refractivity (Wildman–Crippen MR) is 190 cm³/mol. The van der Waals surface area contributed by atoms with E-state index in [9.17, 15) is 33.5 Å². The lowest BCUT2D eigenvalue weighted by Crippen LogP contribution is -2.60. The predicted octanol–water partition coefficient (Wildman–Crippen LogP) is 6.54. The fraction of sp³-hybridized carbons (Fsp3) is 0.225. The fourth-order valence-corrected chi connectivity index (χ4v) is 9.33. The second-order valence-corrected chi connectivity index (χ2v) is 14.7. The van der Waals surface area contributed by atoms with Gasteiger partial charge in [0.25, 0.3) is 11.8 Å². The number of allylic oxidation sites excluding steroid dienone is 2. The number of phenols is 1. The van der Waals surface area contributed by atoms with Gasteiger partial charge in [0.1, 0.15) is 17.3 Å². The maximum Gasteiger partial charge on any atom is 0.258 e. The number of nitrogens with zero attached hydrogens (tertiary/aromatic N) is 2. The Bertz CT molecular complexity index is 2230. The summed E-state index contributed by atoms with van der Waals surface area (Å²) < 4.78 is 19.4. The fourth-order valence-electron chi connectivity index (χ4n) is 8.41. The third-order valence-corrected chi connectivity index (χ3v) is 12.3. The van der Waals surface area contributed by atoms with Gasteiger partial charge in [-0.25, -0.2) is 9.29 Å². The number of benzene rings is 4. The average molecular weight is 740 g/mol. The summed E-state index contributed by atoms with van der Waals surface area (Å²) in [4.78, 5) is 68.0. The van der Waals surface area contributed by atoms with Crippen LogP contribution in [-0.2, 0) is 19.2 Å². The van der Waals surface area contributed by atoms with Crippen LogP contribution in [0.15, 0.2) is 109 Å². The van der Waals surface area contributed by atoms with Gasteiger partial charge < -0.3 is 9.84 Å². The third kappa shape index (κ3) is 4.70. The van der Waals surface area contributed by atoms with Crippen LogP contribution in [0.2, 0.25) is 0 Å². The molecule has 12 heteroatoms. The van der Waals surface area contributed by atoms with Crippen molar-refractivity contribution in [2.75, 3.05) is 16.9 Å². The first-order chi connectivity index (χ1) is 24.9. The number of rotatable bonds is 6. The molecule has 2 aliphatic heterocycles. The SMILES string of the molecule is COc1ccc(O)c(C2C3=CCC4C(=O)N(c5ccc(C(=O)c6ccccc6)cc5)C(=O)C4C3CC3(Cl)C(=O)N(c4ccc(F)cc4)C(=O)C23Cl)c1. The van der Waals surface area contributed by atoms with Gasteiger partial charge in [-0.05, 0) is 85.5 Å². The van der Waals surface area contributed by atoms with Gasteiger partial charge in [0, 0.05) is 22.6 Å². The molecule has 6 atom stereocenters. The molecule has 2 aliphatic carbocycles. The molecule has 6 unspecified atom stereocenters. The van der Waals surface area contributed by atoms with E-state index in [2.05, 4.69) is 0 Å². The molecule has 4 aliphatic rings. The number of ether oxygens (including phenoxy) is 1. The maximum absolute atomic E-state index is 14.5. The molecule has 1 saturated carbocycles. The Labute approximate surface area is 307 Å². The van der Waals surface area contributed by atoms with Crippen LogP contribution in [0.25, 0.3) is 0 Å². The molecular formula is C40H29Cl2FN2O7. The van der Waals surface area contributed by atoms with E-state index in [-0.39, 0.29) is 41.3 Å². The molecule has 8 rings (SSSR count). The van der Waals surface area contributed by atoms with Crippen molar-refractivity contribution in [1.29, 1.82) is 0 Å². The Morgan fingerprint density at radius 2 is 1.44 bits per heavy atom. The van der Waals surface area contributed by atoms with Gasteiger partial charge in [-0.1, -0.05) is 42.0 Å². The standard InChI is InChI=1S/C40H29Cl2FN2O7/c1-52-26-15-18-31(46)29(19-26)33-27-16-17-28-32(30(27)20-39(41)37(50)45(38(51)40(33,39)42)25-13-9-23(43)10-14-25)36(49)44(35(28)48)24-11-7-22(8-12-24)34(47)21-5-3-2-4-6-21/h2-16,18-19,28,30,32-33,46H,17,20H2,1H3. The van der Waals surface area contributed by atoms with E-state index in [1.54, 1.807) is 60.7 Å². The molecule has 4 amide bonds. The molecule has 3 fully saturated rings. The minimum atomic E-state index is -2.22. The molecule has 9 nitrogen and oxygen atoms in total. The van der Waals surface area contributed by atoms with Crippen molar-refractivity contribution in [2.24, 2.45) is 17.8 Å². The highest BCUT2D eigenvalue weighted by Gasteiger charge is 2.77. The molecule has 2 heterocycles. The molecule has 4 aromatic carbocycles. The molecule has 4 aromatic rings. The maximum atomic E-state index is 14.5. The molecule has 262 valence electrons. The van der Waals surface area contributed by atoms with E-state index in [1.165, 1.54) is 37.4 Å². The minimum absolute atomic E-state index is 0.0433. The van der Waals surface area contributed by atoms with Crippen LogP contribution in [0.4, 0.5) is 15.8 Å². The summed E-state index contributed by atoms with van der Waals surface area (Å²) in [5.41, 5.74) is 1.80. The van der Waals surface area contributed by atoms with Crippen molar-refractivity contribution < 1.29 is 38.2 Å². The van der Waals surface area contributed by atoms with Crippen molar-refractivity contribution in [2.45, 2.75) is 28.5 Å². The number of anilines is 2. The van der Waals surface area contributed by atoms with E-state index >= 15 is 0 Å². The van der Waals surface area contributed by atoms with E-state index < -0.39 is 62.9 Å². The number of phenolic OH excluding ortho intramolecular Hbond substituents is 1. The molecule has 2 saturated heterocycles. The Morgan fingerprint density at radius 1 is 0.808 bits per heavy atom. The molecule has 0 radical (unpaired) electrons. The lowest BCUT2D eigenvalue weighted by Gasteiger charge is -2.50. The summed E-state index contributed by atoms with van der Waals surface area (Å²) in [6, 6.07) is 24.0. The van der Waals surface area contributed by atoms with Crippen LogP contribution in [0, 0.1) is 23.6 Å². The van der Waals surface area contributed by atoms with Gasteiger partial charge in [0.15, 0.2) is 15.5 Å². The number of aromatic hydroxyl groups is 1. The number of hydrogen-bond acceptors (Lipinski definition) is 7. The molecule has 0 spiro atoms. The van der Waals surface area contributed by atoms with Crippen molar-refractivity contribution in [3.8, 4) is 11.5 Å². The van der Waals surface area contributed by atoms with E-state index in [1.807, 2.05) is 0 Å². The molecule has 1 N–H and O–H groups in total. The van der Waals surface area contributed by atoms with Crippen LogP contribution >= 0.6 is 23.2 Å². The van der Waals surface area contributed by atoms with Crippen LogP contribution in [0.5, 0.6) is 11.5 Å². The number of amides is 4. The van der Waals surface area contributed by atoms with Gasteiger partial charge in [0.05, 0.1) is 30.3 Å². The zero-order valence-electron chi connectivity index (χ0n) is 27.5. The van der Waals surface area contributed by atoms with Gasteiger partial charge in [-0.3, -0.25) is 28.9 Å². The van der Waals surface area contributed by atoms with E-state index in [4.69, 9.17) is 27.9 Å². The molecule has 0 bridgehead atoms. The smallest absolute Gasteiger partial charge is 0.258 e. The summed E-state index contributed by atoms with van der Waals surface area (Å²) in [6.45, 7) is 0. The highest BCUT2D eigenvalue weighted by Crippen LogP contribution is 2.66. The van der Waals surface area contributed by atoms with Gasteiger partial charge in [-0.15, -0.1) is 23.2 Å². The Hall–Kier alpha value is -5.32. The Morgan fingerprint density at radius 3 is 2.12 bits per heavy atom. The summed E-state index contributed by atoms with van der Waals surface area (Å²) in [6.07, 6.45) is 1.58. The number of fused-ring (bicyclic) bond motifs is 4. The number of ketones is 1. The van der Waals surface area contributed by atoms with Crippen LogP contribution in [0.1, 0.15) is 40.2 Å². The lowest BCUT2D eigenvalue weighted by molar-refractivity contribution is -0.125. The van der Waals surface area contributed by atoms with Crippen molar-refractivity contribution in [3.05, 3.63) is 131 Å². The summed E-state index contributed by atoms with van der Waals surface area (Å²) in [5.74, 6) is -7.40. The van der Waals surface area contributed by atoms with Crippen molar-refractivity contribution in [1.82, 2.24) is 0 Å².